The molecule has 0 spiro atoms. The molecule has 3 saturated heterocycles. The van der Waals surface area contributed by atoms with Crippen LogP contribution in [0.1, 0.15) is 68.9 Å². The average Bonchev–Trinajstić information content (AvgIpc) is 3.69. The van der Waals surface area contributed by atoms with Crippen LogP contribution in [-0.2, 0) is 4.79 Å². The smallest absolute Gasteiger partial charge is 0.475 e. The van der Waals surface area contributed by atoms with Gasteiger partial charge in [0, 0.05) is 36.3 Å². The highest BCUT2D eigenvalue weighted by Gasteiger charge is 2.54. The summed E-state index contributed by atoms with van der Waals surface area (Å²) in [6, 6.07) is 2.37. The molecule has 1 aromatic carbocycles. The van der Waals surface area contributed by atoms with Crippen molar-refractivity contribution in [1.82, 2.24) is 30.0 Å². The Balaban J connectivity index is 0.000000510. The van der Waals surface area contributed by atoms with E-state index in [2.05, 4.69) is 33.1 Å². The molecule has 50 heavy (non-hydrogen) atoms. The molecule has 0 unspecified atom stereocenters. The maximum atomic E-state index is 16.9. The van der Waals surface area contributed by atoms with Gasteiger partial charge in [0.1, 0.15) is 23.6 Å². The monoisotopic (exact) mass is 701 g/mol. The standard InChI is InChI=1S/C32H38FN7O3.C2HF3O2/c1-18-11-23-21(14-35-38-23)25(24(18)19-5-6-19)28-26(33)27-22(13-34-28)29(39-9-3-7-31(2,42)16-39)37-30(36-27)43-17-32-8-4-10-40(32)20(12-32)15-41;3-2(4,5)1(6)7/h11,13-14,19-20,41-42H,3-10,12,15-17H2,1-2H3,(H,35,38);(H,6,7)/t20-,31-,32+;/m1./s1. The molecular weight excluding hydrogens is 662 g/mol. The second-order valence-electron chi connectivity index (χ2n) is 14.3. The molecule has 4 N–H and O–H groups in total. The third kappa shape index (κ3) is 6.21. The van der Waals surface area contributed by atoms with Crippen molar-refractivity contribution >= 4 is 33.6 Å². The van der Waals surface area contributed by atoms with Crippen LogP contribution in [0.5, 0.6) is 6.01 Å². The molecule has 1 aliphatic carbocycles. The summed E-state index contributed by atoms with van der Waals surface area (Å²) in [4.78, 5) is 27.5. The number of piperidine rings is 1. The molecule has 3 atom stereocenters. The van der Waals surface area contributed by atoms with Crippen molar-refractivity contribution in [2.24, 2.45) is 0 Å². The minimum absolute atomic E-state index is 0.123. The first-order valence-electron chi connectivity index (χ1n) is 16.8. The number of aromatic amines is 1. The zero-order chi connectivity index (χ0) is 35.6. The van der Waals surface area contributed by atoms with Crippen LogP contribution in [0, 0.1) is 12.7 Å². The number of carboxylic acids is 1. The number of halogens is 4. The Morgan fingerprint density at radius 1 is 1.14 bits per heavy atom. The number of aliphatic hydroxyl groups excluding tert-OH is 1. The third-order valence-corrected chi connectivity index (χ3v) is 10.5. The first-order valence-corrected chi connectivity index (χ1v) is 16.8. The first kappa shape index (κ1) is 34.3. The zero-order valence-corrected chi connectivity index (χ0v) is 27.7. The topological polar surface area (TPSA) is 161 Å². The van der Waals surface area contributed by atoms with Crippen LogP contribution in [0.15, 0.2) is 18.5 Å². The molecule has 3 aromatic heterocycles. The van der Waals surface area contributed by atoms with Crippen molar-refractivity contribution in [2.45, 2.75) is 88.1 Å². The molecule has 4 aromatic rings. The van der Waals surface area contributed by atoms with Gasteiger partial charge < -0.3 is 25.0 Å². The number of alkyl halides is 3. The van der Waals surface area contributed by atoms with Gasteiger partial charge in [-0.3, -0.25) is 15.0 Å². The molecule has 268 valence electrons. The van der Waals surface area contributed by atoms with E-state index in [4.69, 9.17) is 24.6 Å². The number of benzene rings is 1. The van der Waals surface area contributed by atoms with E-state index in [0.29, 0.717) is 43.2 Å². The van der Waals surface area contributed by atoms with Crippen LogP contribution in [-0.4, -0.2) is 108 Å². The molecule has 4 fully saturated rings. The summed E-state index contributed by atoms with van der Waals surface area (Å²) < 4.78 is 55.0. The number of aliphatic hydroxyl groups is 2. The van der Waals surface area contributed by atoms with Gasteiger partial charge in [-0.05, 0) is 88.4 Å². The molecule has 0 amide bonds. The maximum Gasteiger partial charge on any atom is 0.490 e. The van der Waals surface area contributed by atoms with Gasteiger partial charge in [-0.25, -0.2) is 9.18 Å². The van der Waals surface area contributed by atoms with Gasteiger partial charge >= 0.3 is 18.2 Å². The van der Waals surface area contributed by atoms with Crippen molar-refractivity contribution in [3.05, 3.63) is 35.4 Å². The summed E-state index contributed by atoms with van der Waals surface area (Å²) in [7, 11) is 0. The van der Waals surface area contributed by atoms with Crippen LogP contribution in [0.3, 0.4) is 0 Å². The Morgan fingerprint density at radius 2 is 1.88 bits per heavy atom. The molecule has 4 aliphatic rings. The lowest BCUT2D eigenvalue weighted by atomic mass is 9.80. The van der Waals surface area contributed by atoms with Crippen LogP contribution in [0.2, 0.25) is 0 Å². The second kappa shape index (κ2) is 12.6. The van der Waals surface area contributed by atoms with Gasteiger partial charge in [-0.1, -0.05) is 0 Å². The number of nitrogens with one attached hydrogen (secondary N) is 1. The van der Waals surface area contributed by atoms with E-state index in [-0.39, 0.29) is 35.4 Å². The number of fused-ring (bicyclic) bond motifs is 3. The van der Waals surface area contributed by atoms with Crippen LogP contribution >= 0.6 is 0 Å². The quantitative estimate of drug-likeness (QED) is 0.195. The number of hydrogen-bond donors (Lipinski definition) is 4. The number of anilines is 1. The summed E-state index contributed by atoms with van der Waals surface area (Å²) in [5, 5.41) is 36.5. The number of β-amino-alcohol motifs (C(OH)–C–C–N with tert-alkyl or cyclic N) is 1. The Kier molecular flexibility index (Phi) is 8.62. The number of nitrogens with zero attached hydrogens (tertiary/aromatic N) is 6. The molecule has 8 rings (SSSR count). The fourth-order valence-corrected chi connectivity index (χ4v) is 8.06. The normalized spacial score (nSPS) is 25.3. The lowest BCUT2D eigenvalue weighted by Gasteiger charge is -2.53. The highest BCUT2D eigenvalue weighted by Crippen LogP contribution is 2.49. The Hall–Kier alpha value is -4.15. The molecule has 6 heterocycles. The largest absolute Gasteiger partial charge is 0.490 e. The second-order valence-corrected chi connectivity index (χ2v) is 14.3. The van der Waals surface area contributed by atoms with E-state index in [1.807, 2.05) is 11.8 Å². The maximum absolute atomic E-state index is 16.9. The van der Waals surface area contributed by atoms with Crippen molar-refractivity contribution in [2.75, 3.05) is 37.7 Å². The van der Waals surface area contributed by atoms with E-state index >= 15 is 4.39 Å². The third-order valence-electron chi connectivity index (χ3n) is 10.5. The first-order chi connectivity index (χ1) is 23.7. The SMILES string of the molecule is Cc1cc2[nH]ncc2c(-c2ncc3c(N4CCC[C@@](C)(O)C4)nc(OC[C@@]45CCCN4[C@@H](CO)C5)nc3c2F)c1C1CC1.O=C(O)C(F)(F)F. The number of H-pyrrole nitrogens is 1. The molecule has 1 saturated carbocycles. The number of aromatic nitrogens is 5. The average molecular weight is 702 g/mol. The molecular formula is C34H39F4N7O5. The molecule has 12 nitrogen and oxygen atoms in total. The van der Waals surface area contributed by atoms with Gasteiger partial charge in [-0.15, -0.1) is 0 Å². The number of rotatable bonds is 7. The number of aryl methyl sites for hydroxylation is 1. The fraction of sp³-hybridized carbons (Fsp3) is 0.559. The van der Waals surface area contributed by atoms with Crippen LogP contribution in [0.25, 0.3) is 33.1 Å². The minimum atomic E-state index is -5.08. The summed E-state index contributed by atoms with van der Waals surface area (Å²) in [6.07, 6.45) is 4.86. The molecule has 3 aliphatic heterocycles. The predicted octanol–water partition coefficient (Wildman–Crippen LogP) is 4.86. The van der Waals surface area contributed by atoms with Crippen LogP contribution < -0.4 is 9.64 Å². The number of aliphatic carboxylic acids is 1. The number of ether oxygens (including phenoxy) is 1. The van der Waals surface area contributed by atoms with E-state index in [0.717, 1.165) is 72.7 Å². The van der Waals surface area contributed by atoms with Gasteiger partial charge in [0.05, 0.1) is 34.8 Å². The lowest BCUT2D eigenvalue weighted by molar-refractivity contribution is -0.192. The van der Waals surface area contributed by atoms with E-state index < -0.39 is 23.6 Å². The molecule has 16 heteroatoms. The van der Waals surface area contributed by atoms with Crippen molar-refractivity contribution in [1.29, 1.82) is 0 Å². The van der Waals surface area contributed by atoms with Gasteiger partial charge in [0.15, 0.2) is 5.82 Å². The Bertz CT molecular complexity index is 1950. The zero-order valence-electron chi connectivity index (χ0n) is 27.7. The van der Waals surface area contributed by atoms with Crippen molar-refractivity contribution in [3.63, 3.8) is 0 Å². The summed E-state index contributed by atoms with van der Waals surface area (Å²) >= 11 is 0. The van der Waals surface area contributed by atoms with E-state index in [1.165, 1.54) is 0 Å². The summed E-state index contributed by atoms with van der Waals surface area (Å²) in [5.74, 6) is -2.36. The molecule has 0 bridgehead atoms. The van der Waals surface area contributed by atoms with E-state index in [1.54, 1.807) is 12.4 Å². The van der Waals surface area contributed by atoms with Gasteiger partial charge in [0.25, 0.3) is 0 Å². The fourth-order valence-electron chi connectivity index (χ4n) is 8.06. The van der Waals surface area contributed by atoms with Gasteiger partial charge in [0.2, 0.25) is 0 Å². The number of hydrogen-bond acceptors (Lipinski definition) is 10. The number of carboxylic acid groups (broad SMARTS) is 1. The number of carbonyl (C=O) groups is 1. The van der Waals surface area contributed by atoms with Gasteiger partial charge in [-0.2, -0.15) is 28.2 Å². The number of pyridine rings is 1. The summed E-state index contributed by atoms with van der Waals surface area (Å²) in [6.45, 7) is 6.40. The highest BCUT2D eigenvalue weighted by molar-refractivity contribution is 6.00. The molecule has 0 radical (unpaired) electrons. The Morgan fingerprint density at radius 3 is 2.56 bits per heavy atom. The van der Waals surface area contributed by atoms with Crippen molar-refractivity contribution < 1.29 is 42.4 Å². The Labute approximate surface area is 284 Å². The van der Waals surface area contributed by atoms with Crippen molar-refractivity contribution in [3.8, 4) is 17.3 Å². The minimum Gasteiger partial charge on any atom is -0.475 e. The lowest BCUT2D eigenvalue weighted by Crippen LogP contribution is -2.66. The highest BCUT2D eigenvalue weighted by atomic mass is 19.4. The predicted molar refractivity (Wildman–Crippen MR) is 175 cm³/mol. The van der Waals surface area contributed by atoms with Crippen LogP contribution in [0.4, 0.5) is 23.4 Å². The summed E-state index contributed by atoms with van der Waals surface area (Å²) in [5.41, 5.74) is 3.25. The van der Waals surface area contributed by atoms with E-state index in [9.17, 15) is 23.4 Å².